The van der Waals surface area contributed by atoms with Gasteiger partial charge in [-0.25, -0.2) is 0 Å². The van der Waals surface area contributed by atoms with Gasteiger partial charge < -0.3 is 39.6 Å². The van der Waals surface area contributed by atoms with Gasteiger partial charge in [0.1, 0.15) is 25.3 Å². The number of nitrogens with one attached hydrogen (secondary N) is 3. The van der Waals surface area contributed by atoms with E-state index in [9.17, 15) is 28.8 Å². The van der Waals surface area contributed by atoms with Crippen molar-refractivity contribution in [2.45, 2.75) is 77.4 Å². The van der Waals surface area contributed by atoms with Crippen LogP contribution in [0, 0.1) is 0 Å². The first-order valence-electron chi connectivity index (χ1n) is 23.4. The second kappa shape index (κ2) is 21.6. The molecule has 18 nitrogen and oxygen atoms in total. The SMILES string of the molecule is C=CC1=C(/C=C\C)C[C@H]2C=Nc3cc(OCc4cc(COc5cc6c(cc5OC)C(=O)N5c7ccccc7C[C@H]5C=N6)cc(C(=O)N[C@@H](C)C(=O)N[C@@H](C)C(=O)NCCC(=O)OC)c4)c(OC)cc3C(=O)N12. The molecule has 0 fully saturated rings. The molecule has 372 valence electrons. The highest BCUT2D eigenvalue weighted by atomic mass is 16.5. The summed E-state index contributed by atoms with van der Waals surface area (Å²) in [6.07, 6.45) is 10.2. The van der Waals surface area contributed by atoms with Gasteiger partial charge in [0.2, 0.25) is 11.8 Å². The lowest BCUT2D eigenvalue weighted by Gasteiger charge is -2.23. The largest absolute Gasteiger partial charge is 0.493 e. The van der Waals surface area contributed by atoms with Gasteiger partial charge in [-0.05, 0) is 85.5 Å². The summed E-state index contributed by atoms with van der Waals surface area (Å²) in [5, 5.41) is 7.86. The predicted octanol–water partition coefficient (Wildman–Crippen LogP) is 6.40. The van der Waals surface area contributed by atoms with Crippen LogP contribution in [-0.2, 0) is 38.8 Å². The molecule has 4 aliphatic rings. The molecule has 0 spiro atoms. The minimum Gasteiger partial charge on any atom is -0.493 e. The summed E-state index contributed by atoms with van der Waals surface area (Å²) in [4.78, 5) is 92.3. The number of rotatable bonds is 18. The third kappa shape index (κ3) is 10.3. The van der Waals surface area contributed by atoms with Crippen molar-refractivity contribution in [2.75, 3.05) is 32.8 Å². The Morgan fingerprint density at radius 3 is 1.92 bits per heavy atom. The lowest BCUT2D eigenvalue weighted by molar-refractivity contribution is -0.140. The second-order valence-corrected chi connectivity index (χ2v) is 17.4. The molecule has 5 amide bonds. The maximum absolute atomic E-state index is 14.1. The number of para-hydroxylation sites is 1. The Bertz CT molecular complexity index is 3000. The van der Waals surface area contributed by atoms with E-state index in [2.05, 4.69) is 27.3 Å². The molecule has 0 aromatic heterocycles. The van der Waals surface area contributed by atoms with E-state index in [4.69, 9.17) is 28.9 Å². The van der Waals surface area contributed by atoms with Crippen LogP contribution in [0.1, 0.15) is 81.4 Å². The van der Waals surface area contributed by atoms with Crippen molar-refractivity contribution in [3.05, 3.63) is 136 Å². The number of allylic oxidation sites excluding steroid dienone is 3. The normalized spacial score (nSPS) is 17.1. The van der Waals surface area contributed by atoms with Gasteiger partial charge in [0.05, 0.1) is 62.3 Å². The summed E-state index contributed by atoms with van der Waals surface area (Å²) >= 11 is 0. The highest BCUT2D eigenvalue weighted by Gasteiger charge is 2.38. The first kappa shape index (κ1) is 49.9. The van der Waals surface area contributed by atoms with Gasteiger partial charge in [0.15, 0.2) is 23.0 Å². The van der Waals surface area contributed by atoms with Crippen LogP contribution in [-0.4, -0.2) is 105 Å². The molecule has 0 saturated carbocycles. The molecule has 4 aromatic carbocycles. The number of esters is 1. The molecule has 0 radical (unpaired) electrons. The Morgan fingerprint density at radius 1 is 0.750 bits per heavy atom. The van der Waals surface area contributed by atoms with E-state index in [1.165, 1.54) is 35.2 Å². The van der Waals surface area contributed by atoms with Crippen molar-refractivity contribution in [2.24, 2.45) is 9.98 Å². The lowest BCUT2D eigenvalue weighted by atomic mass is 10.0. The van der Waals surface area contributed by atoms with Crippen LogP contribution in [0.15, 0.2) is 113 Å². The van der Waals surface area contributed by atoms with Gasteiger partial charge in [-0.3, -0.25) is 48.6 Å². The summed E-state index contributed by atoms with van der Waals surface area (Å²) < 4.78 is 28.8. The number of benzene rings is 4. The molecule has 0 aliphatic carbocycles. The Balaban J connectivity index is 1.04. The Hall–Kier alpha value is -8.54. The fourth-order valence-corrected chi connectivity index (χ4v) is 8.98. The Morgan fingerprint density at radius 2 is 1.33 bits per heavy atom. The average Bonchev–Trinajstić information content (AvgIpc) is 3.86. The maximum Gasteiger partial charge on any atom is 0.307 e. The average molecular weight is 978 g/mol. The molecule has 4 heterocycles. The molecule has 0 saturated heterocycles. The highest BCUT2D eigenvalue weighted by molar-refractivity contribution is 6.15. The number of hydrogen-bond acceptors (Lipinski definition) is 13. The van der Waals surface area contributed by atoms with Crippen molar-refractivity contribution in [3.8, 4) is 23.0 Å². The van der Waals surface area contributed by atoms with Crippen LogP contribution in [0.2, 0.25) is 0 Å². The quantitative estimate of drug-likeness (QED) is 0.0928. The number of hydrogen-bond donors (Lipinski definition) is 3. The minimum absolute atomic E-state index is 0.0182. The number of carbonyl (C=O) groups is 6. The summed E-state index contributed by atoms with van der Waals surface area (Å²) in [5.41, 5.74) is 6.23. The van der Waals surface area contributed by atoms with Crippen LogP contribution in [0.25, 0.3) is 0 Å². The molecule has 72 heavy (non-hydrogen) atoms. The van der Waals surface area contributed by atoms with E-state index in [1.54, 1.807) is 70.8 Å². The fraction of sp³-hybridized carbons (Fsp3) is 0.296. The van der Waals surface area contributed by atoms with Gasteiger partial charge in [0, 0.05) is 60.9 Å². The van der Waals surface area contributed by atoms with E-state index in [0.29, 0.717) is 63.7 Å². The van der Waals surface area contributed by atoms with Crippen LogP contribution in [0.3, 0.4) is 0 Å². The highest BCUT2D eigenvalue weighted by Crippen LogP contribution is 2.43. The van der Waals surface area contributed by atoms with Crippen LogP contribution >= 0.6 is 0 Å². The summed E-state index contributed by atoms with van der Waals surface area (Å²) in [5.74, 6) is -1.60. The van der Waals surface area contributed by atoms with Crippen LogP contribution in [0.5, 0.6) is 23.0 Å². The third-order valence-corrected chi connectivity index (χ3v) is 12.6. The van der Waals surface area contributed by atoms with Crippen molar-refractivity contribution in [3.63, 3.8) is 0 Å². The zero-order chi connectivity index (χ0) is 51.2. The molecule has 3 N–H and O–H groups in total. The maximum atomic E-state index is 14.1. The smallest absolute Gasteiger partial charge is 0.307 e. The number of fused-ring (bicyclic) bond motifs is 6. The third-order valence-electron chi connectivity index (χ3n) is 12.6. The molecule has 4 aliphatic heterocycles. The number of amides is 5. The standard InChI is InChI=1S/C54H55N7O11/c1-8-12-34-20-37-26-56-41-24-47(45(68-5)22-39(41)53(66)60(37)43(34)9-2)71-28-32-17-33(19-36(18-32)52(65)59-31(4)51(64)58-30(3)50(63)55-16-15-49(62)70-7)29-72-48-25-42-40(23-46(48)69-6)54(67)61-38(27-57-42)21-35-13-10-11-14-44(35)61/h8-14,17-19,22-27,30-31,37-38H,2,15-16,20-21,28-29H2,1,3-7H3,(H,55,63)(H,58,64)(H,59,65)/b12-8-/t30-,31-,37-,38-/m0/s1. The van der Waals surface area contributed by atoms with E-state index >= 15 is 0 Å². The Kier molecular flexibility index (Phi) is 15.0. The van der Waals surface area contributed by atoms with Crippen LogP contribution in [0.4, 0.5) is 17.1 Å². The molecule has 0 bridgehead atoms. The molecular weight excluding hydrogens is 923 g/mol. The van der Waals surface area contributed by atoms with Crippen molar-refractivity contribution in [1.82, 2.24) is 20.9 Å². The van der Waals surface area contributed by atoms with Crippen LogP contribution < -0.4 is 39.8 Å². The summed E-state index contributed by atoms with van der Waals surface area (Å²) in [6.45, 7) is 8.67. The van der Waals surface area contributed by atoms with Gasteiger partial charge in [-0.2, -0.15) is 0 Å². The molecule has 4 aromatic rings. The van der Waals surface area contributed by atoms with Crippen molar-refractivity contribution >= 4 is 65.0 Å². The lowest BCUT2D eigenvalue weighted by Crippen LogP contribution is -2.51. The van der Waals surface area contributed by atoms with Crippen molar-refractivity contribution in [1.29, 1.82) is 0 Å². The number of nitrogens with zero attached hydrogens (tertiary/aromatic N) is 4. The molecule has 8 rings (SSSR count). The van der Waals surface area contributed by atoms with E-state index in [-0.39, 0.29) is 67.1 Å². The summed E-state index contributed by atoms with van der Waals surface area (Å²) in [6, 6.07) is 16.6. The van der Waals surface area contributed by atoms with Gasteiger partial charge in [-0.15, -0.1) is 0 Å². The number of anilines is 1. The first-order chi connectivity index (χ1) is 34.7. The van der Waals surface area contributed by atoms with Gasteiger partial charge in [0.25, 0.3) is 17.7 Å². The zero-order valence-corrected chi connectivity index (χ0v) is 40.8. The zero-order valence-electron chi connectivity index (χ0n) is 40.8. The minimum atomic E-state index is -1.09. The first-order valence-corrected chi connectivity index (χ1v) is 23.4. The Labute approximate surface area is 416 Å². The summed E-state index contributed by atoms with van der Waals surface area (Å²) in [7, 11) is 4.18. The predicted molar refractivity (Wildman–Crippen MR) is 269 cm³/mol. The number of methoxy groups -OCH3 is 3. The number of carbonyl (C=O) groups excluding carboxylic acids is 6. The molecule has 18 heteroatoms. The second-order valence-electron chi connectivity index (χ2n) is 17.4. The van der Waals surface area contributed by atoms with E-state index < -0.39 is 35.8 Å². The van der Waals surface area contributed by atoms with E-state index in [1.807, 2.05) is 43.3 Å². The monoisotopic (exact) mass is 977 g/mol. The van der Waals surface area contributed by atoms with Crippen molar-refractivity contribution < 1.29 is 52.5 Å². The van der Waals surface area contributed by atoms with Gasteiger partial charge >= 0.3 is 5.97 Å². The van der Waals surface area contributed by atoms with Gasteiger partial charge in [-0.1, -0.05) is 36.9 Å². The van der Waals surface area contributed by atoms with E-state index in [0.717, 1.165) is 16.8 Å². The molecular formula is C54H55N7O11. The fourth-order valence-electron chi connectivity index (χ4n) is 8.98. The number of aliphatic imine (C=N–C) groups is 2. The topological polar surface area (TPSA) is 216 Å². The molecule has 4 atom stereocenters. The molecule has 0 unspecified atom stereocenters. The number of ether oxygens (including phenoxy) is 5.